The number of thiazole rings is 1. The summed E-state index contributed by atoms with van der Waals surface area (Å²) in [6, 6.07) is 14.4. The van der Waals surface area contributed by atoms with Crippen LogP contribution in [0.2, 0.25) is 0 Å². The van der Waals surface area contributed by atoms with Crippen molar-refractivity contribution < 1.29 is 18.3 Å². The molecule has 1 aromatic heterocycles. The van der Waals surface area contributed by atoms with Crippen molar-refractivity contribution in [2.75, 3.05) is 4.72 Å². The van der Waals surface area contributed by atoms with Crippen LogP contribution in [0.5, 0.6) is 0 Å². The van der Waals surface area contributed by atoms with E-state index in [0.29, 0.717) is 5.69 Å². The van der Waals surface area contributed by atoms with Crippen molar-refractivity contribution in [2.45, 2.75) is 4.90 Å². The van der Waals surface area contributed by atoms with E-state index in [4.69, 9.17) is 5.11 Å². The molecule has 0 saturated carbocycles. The second-order valence-electron chi connectivity index (χ2n) is 4.84. The average Bonchev–Trinajstić information content (AvgIpc) is 3.03. The van der Waals surface area contributed by atoms with Gasteiger partial charge in [0.15, 0.2) is 5.13 Å². The van der Waals surface area contributed by atoms with Gasteiger partial charge < -0.3 is 5.11 Å². The lowest BCUT2D eigenvalue weighted by Crippen LogP contribution is -2.13. The van der Waals surface area contributed by atoms with E-state index >= 15 is 0 Å². The molecule has 0 aliphatic rings. The fourth-order valence-electron chi connectivity index (χ4n) is 2.01. The van der Waals surface area contributed by atoms with Gasteiger partial charge in [0.25, 0.3) is 10.0 Å². The molecule has 3 rings (SSSR count). The van der Waals surface area contributed by atoms with Crippen LogP contribution in [0.1, 0.15) is 10.4 Å². The van der Waals surface area contributed by atoms with Crippen molar-refractivity contribution in [3.8, 4) is 11.3 Å². The Morgan fingerprint density at radius 1 is 1.04 bits per heavy atom. The lowest BCUT2D eigenvalue weighted by molar-refractivity contribution is 0.0696. The minimum Gasteiger partial charge on any atom is -0.478 e. The van der Waals surface area contributed by atoms with Gasteiger partial charge in [-0.25, -0.2) is 18.2 Å². The van der Waals surface area contributed by atoms with Gasteiger partial charge >= 0.3 is 5.97 Å². The van der Waals surface area contributed by atoms with Crippen LogP contribution in [0.25, 0.3) is 11.3 Å². The highest BCUT2D eigenvalue weighted by Crippen LogP contribution is 2.26. The number of anilines is 1. The fourth-order valence-corrected chi connectivity index (χ4v) is 3.99. The zero-order chi connectivity index (χ0) is 17.2. The Morgan fingerprint density at radius 3 is 2.33 bits per heavy atom. The van der Waals surface area contributed by atoms with Crippen LogP contribution in [0.4, 0.5) is 5.13 Å². The first-order valence-electron chi connectivity index (χ1n) is 6.83. The van der Waals surface area contributed by atoms with Gasteiger partial charge in [-0.1, -0.05) is 30.3 Å². The molecule has 24 heavy (non-hydrogen) atoms. The quantitative estimate of drug-likeness (QED) is 0.728. The monoisotopic (exact) mass is 360 g/mol. The number of hydrogen-bond acceptors (Lipinski definition) is 5. The first kappa shape index (κ1) is 16.2. The molecule has 0 spiro atoms. The number of benzene rings is 2. The maximum atomic E-state index is 12.3. The molecule has 0 amide bonds. The Kier molecular flexibility index (Phi) is 4.32. The van der Waals surface area contributed by atoms with Crippen molar-refractivity contribution in [3.05, 3.63) is 65.5 Å². The highest BCUT2D eigenvalue weighted by molar-refractivity contribution is 7.93. The minimum atomic E-state index is -3.82. The first-order chi connectivity index (χ1) is 11.5. The molecule has 2 aromatic carbocycles. The van der Waals surface area contributed by atoms with Crippen LogP contribution in [-0.2, 0) is 10.0 Å². The molecule has 3 aromatic rings. The molecule has 6 nitrogen and oxygen atoms in total. The Hall–Kier alpha value is -2.71. The molecule has 1 heterocycles. The summed E-state index contributed by atoms with van der Waals surface area (Å²) in [6.07, 6.45) is 0. The summed E-state index contributed by atoms with van der Waals surface area (Å²) in [5.41, 5.74) is 1.60. The number of carboxylic acids is 1. The zero-order valence-corrected chi connectivity index (χ0v) is 13.8. The fraction of sp³-hybridized carbons (Fsp3) is 0. The molecule has 122 valence electrons. The largest absolute Gasteiger partial charge is 0.478 e. The highest BCUT2D eigenvalue weighted by atomic mass is 32.2. The van der Waals surface area contributed by atoms with Gasteiger partial charge in [-0.3, -0.25) is 4.72 Å². The third kappa shape index (κ3) is 3.44. The van der Waals surface area contributed by atoms with E-state index in [2.05, 4.69) is 9.71 Å². The summed E-state index contributed by atoms with van der Waals surface area (Å²) < 4.78 is 27.1. The number of aromatic carboxylic acids is 1. The number of hydrogen-bond donors (Lipinski definition) is 2. The number of nitrogens with one attached hydrogen (secondary N) is 1. The predicted molar refractivity (Wildman–Crippen MR) is 91.8 cm³/mol. The molecule has 8 heteroatoms. The summed E-state index contributed by atoms with van der Waals surface area (Å²) in [5, 5.41) is 10.9. The Labute approximate surface area is 142 Å². The summed E-state index contributed by atoms with van der Waals surface area (Å²) in [4.78, 5) is 15.1. The van der Waals surface area contributed by atoms with Crippen LogP contribution in [0.15, 0.2) is 64.9 Å². The van der Waals surface area contributed by atoms with Crippen molar-refractivity contribution in [3.63, 3.8) is 0 Å². The van der Waals surface area contributed by atoms with E-state index in [9.17, 15) is 13.2 Å². The lowest BCUT2D eigenvalue weighted by Gasteiger charge is -2.05. The molecular weight excluding hydrogens is 348 g/mol. The maximum Gasteiger partial charge on any atom is 0.335 e. The van der Waals surface area contributed by atoms with E-state index in [0.717, 1.165) is 5.56 Å². The second-order valence-corrected chi connectivity index (χ2v) is 7.38. The van der Waals surface area contributed by atoms with Gasteiger partial charge in [0.2, 0.25) is 0 Å². The van der Waals surface area contributed by atoms with Gasteiger partial charge in [0, 0.05) is 10.9 Å². The number of nitrogens with zero attached hydrogens (tertiary/aromatic N) is 1. The number of carbonyl (C=O) groups is 1. The smallest absolute Gasteiger partial charge is 0.335 e. The molecule has 0 radical (unpaired) electrons. The molecule has 0 aliphatic heterocycles. The number of rotatable bonds is 5. The number of aromatic nitrogens is 1. The summed E-state index contributed by atoms with van der Waals surface area (Å²) in [6.45, 7) is 0. The topological polar surface area (TPSA) is 96.4 Å². The van der Waals surface area contributed by atoms with E-state index in [1.165, 1.54) is 35.6 Å². The maximum absolute atomic E-state index is 12.3. The molecule has 0 unspecified atom stereocenters. The first-order valence-corrected chi connectivity index (χ1v) is 9.19. The van der Waals surface area contributed by atoms with Gasteiger partial charge in [-0.15, -0.1) is 11.3 Å². The van der Waals surface area contributed by atoms with E-state index in [1.54, 1.807) is 5.38 Å². The Morgan fingerprint density at radius 2 is 1.71 bits per heavy atom. The van der Waals surface area contributed by atoms with Crippen LogP contribution >= 0.6 is 11.3 Å². The Bertz CT molecular complexity index is 965. The van der Waals surface area contributed by atoms with Crippen LogP contribution in [0, 0.1) is 0 Å². The number of sulfonamides is 1. The third-order valence-electron chi connectivity index (χ3n) is 3.21. The minimum absolute atomic E-state index is 0.0227. The van der Waals surface area contributed by atoms with Gasteiger partial charge in [0.05, 0.1) is 16.2 Å². The van der Waals surface area contributed by atoms with Crippen LogP contribution < -0.4 is 4.72 Å². The third-order valence-corrected chi connectivity index (χ3v) is 5.45. The van der Waals surface area contributed by atoms with E-state index in [-0.39, 0.29) is 15.6 Å². The van der Waals surface area contributed by atoms with E-state index < -0.39 is 16.0 Å². The van der Waals surface area contributed by atoms with Crippen molar-refractivity contribution in [1.29, 1.82) is 0 Å². The van der Waals surface area contributed by atoms with Crippen LogP contribution in [-0.4, -0.2) is 24.5 Å². The summed E-state index contributed by atoms with van der Waals surface area (Å²) in [7, 11) is -3.82. The normalized spacial score (nSPS) is 11.2. The molecule has 0 bridgehead atoms. The lowest BCUT2D eigenvalue weighted by atomic mass is 10.2. The van der Waals surface area contributed by atoms with Crippen molar-refractivity contribution >= 4 is 32.5 Å². The van der Waals surface area contributed by atoms with Crippen LogP contribution in [0.3, 0.4) is 0 Å². The standard InChI is InChI=1S/C16H12N2O4S2/c19-15(20)12-6-8-13(9-7-12)24(21,22)18-16-17-14(10-23-16)11-4-2-1-3-5-11/h1-10H,(H,17,18)(H,19,20). The summed E-state index contributed by atoms with van der Waals surface area (Å²) >= 11 is 1.18. The highest BCUT2D eigenvalue weighted by Gasteiger charge is 2.17. The van der Waals surface area contributed by atoms with Gasteiger partial charge in [-0.05, 0) is 24.3 Å². The molecule has 0 aliphatic carbocycles. The second kappa shape index (κ2) is 6.42. The van der Waals surface area contributed by atoms with Crippen molar-refractivity contribution in [1.82, 2.24) is 4.98 Å². The van der Waals surface area contributed by atoms with E-state index in [1.807, 2.05) is 30.3 Å². The number of carboxylic acid groups (broad SMARTS) is 1. The summed E-state index contributed by atoms with van der Waals surface area (Å²) in [5.74, 6) is -1.11. The molecule has 0 saturated heterocycles. The van der Waals surface area contributed by atoms with Gasteiger partial charge in [0.1, 0.15) is 0 Å². The van der Waals surface area contributed by atoms with Gasteiger partial charge in [-0.2, -0.15) is 0 Å². The molecule has 0 atom stereocenters. The molecule has 0 fully saturated rings. The SMILES string of the molecule is O=C(O)c1ccc(S(=O)(=O)Nc2nc(-c3ccccc3)cs2)cc1. The molecule has 2 N–H and O–H groups in total. The average molecular weight is 360 g/mol. The Balaban J connectivity index is 1.82. The zero-order valence-electron chi connectivity index (χ0n) is 12.2. The van der Waals surface area contributed by atoms with Crippen molar-refractivity contribution in [2.24, 2.45) is 0 Å². The molecular formula is C16H12N2O4S2. The predicted octanol–water partition coefficient (Wildman–Crippen LogP) is 3.31.